The first kappa shape index (κ1) is 15.1. The maximum Gasteiger partial charge on any atom is 0.259 e. The molecule has 2 unspecified atom stereocenters. The Hall–Kier alpha value is -1.27. The molecule has 0 aromatic heterocycles. The van der Waals surface area contributed by atoms with Gasteiger partial charge < -0.3 is 10.6 Å². The fourth-order valence-corrected chi connectivity index (χ4v) is 2.83. The third-order valence-electron chi connectivity index (χ3n) is 3.97. The summed E-state index contributed by atoms with van der Waals surface area (Å²) in [6.45, 7) is 7.66. The van der Waals surface area contributed by atoms with Gasteiger partial charge in [0.2, 0.25) is 5.91 Å². The third-order valence-corrected chi connectivity index (χ3v) is 3.97. The van der Waals surface area contributed by atoms with Gasteiger partial charge in [0.25, 0.3) is 5.91 Å². The molecule has 1 saturated heterocycles. The predicted molar refractivity (Wildman–Crippen MR) is 77.5 cm³/mol. The van der Waals surface area contributed by atoms with Gasteiger partial charge in [0.05, 0.1) is 6.04 Å². The fourth-order valence-electron chi connectivity index (χ4n) is 2.83. The Balaban J connectivity index is 2.16. The molecule has 0 aliphatic carbocycles. The van der Waals surface area contributed by atoms with Crippen LogP contribution in [0.1, 0.15) is 33.1 Å². The average Bonchev–Trinajstić information content (AvgIpc) is 2.45. The van der Waals surface area contributed by atoms with Crippen molar-refractivity contribution in [2.24, 2.45) is 10.9 Å². The number of aliphatic imine (C=N–C) groups is 1. The second-order valence-electron chi connectivity index (χ2n) is 5.38. The van der Waals surface area contributed by atoms with Crippen LogP contribution in [0.25, 0.3) is 0 Å². The van der Waals surface area contributed by atoms with Crippen molar-refractivity contribution >= 4 is 17.6 Å². The highest BCUT2D eigenvalue weighted by atomic mass is 16.2. The molecule has 2 aliphatic heterocycles. The second-order valence-corrected chi connectivity index (χ2v) is 5.38. The summed E-state index contributed by atoms with van der Waals surface area (Å²) in [5.74, 6) is -0.543. The highest BCUT2D eigenvalue weighted by Gasteiger charge is 2.34. The molecule has 2 amide bonds. The van der Waals surface area contributed by atoms with Crippen LogP contribution >= 0.6 is 0 Å². The molecule has 20 heavy (non-hydrogen) atoms. The molecule has 1 fully saturated rings. The number of hydrogen-bond donors (Lipinski definition) is 2. The molecule has 0 bridgehead atoms. The van der Waals surface area contributed by atoms with E-state index in [0.717, 1.165) is 39.0 Å². The molecule has 6 heteroatoms. The van der Waals surface area contributed by atoms with Gasteiger partial charge in [0, 0.05) is 26.2 Å². The average molecular weight is 280 g/mol. The van der Waals surface area contributed by atoms with Crippen molar-refractivity contribution in [2.75, 3.05) is 26.2 Å². The van der Waals surface area contributed by atoms with Crippen LogP contribution in [-0.2, 0) is 9.59 Å². The number of carbonyl (C=O) groups excluding carboxylic acids is 2. The Morgan fingerprint density at radius 3 is 2.55 bits per heavy atom. The molecule has 112 valence electrons. The van der Waals surface area contributed by atoms with Gasteiger partial charge in [-0.05, 0) is 12.8 Å². The second kappa shape index (κ2) is 6.95. The molecule has 2 atom stereocenters. The number of piperazine rings is 1. The van der Waals surface area contributed by atoms with Gasteiger partial charge in [-0.2, -0.15) is 4.99 Å². The molecule has 0 radical (unpaired) electrons. The first-order chi connectivity index (χ1) is 9.67. The Bertz CT molecular complexity index is 402. The number of nitrogens with zero attached hydrogens (tertiary/aromatic N) is 2. The number of hydrogen-bond acceptors (Lipinski definition) is 4. The standard InChI is InChI=1S/C14H24N4O2/c1-3-5-11(18-8-6-15-7-9-18)12-16-13(19)10(4-2)14(20)17-12/h10-11,15H,3-9H2,1-2H3,(H,16,17,19,20). The first-order valence-corrected chi connectivity index (χ1v) is 7.55. The lowest BCUT2D eigenvalue weighted by Gasteiger charge is -2.36. The number of amides is 2. The van der Waals surface area contributed by atoms with Gasteiger partial charge in [0.1, 0.15) is 11.8 Å². The van der Waals surface area contributed by atoms with Crippen molar-refractivity contribution in [3.05, 3.63) is 0 Å². The number of amidine groups is 1. The van der Waals surface area contributed by atoms with Crippen molar-refractivity contribution in [1.82, 2.24) is 15.5 Å². The molecule has 0 spiro atoms. The summed E-state index contributed by atoms with van der Waals surface area (Å²) in [6.07, 6.45) is 2.41. The maximum absolute atomic E-state index is 12.0. The largest absolute Gasteiger partial charge is 0.314 e. The zero-order valence-electron chi connectivity index (χ0n) is 12.3. The fraction of sp³-hybridized carbons (Fsp3) is 0.786. The quantitative estimate of drug-likeness (QED) is 0.703. The molecule has 6 nitrogen and oxygen atoms in total. The summed E-state index contributed by atoms with van der Waals surface area (Å²) in [5, 5.41) is 6.17. The van der Waals surface area contributed by atoms with Crippen LogP contribution < -0.4 is 10.6 Å². The molecular weight excluding hydrogens is 256 g/mol. The van der Waals surface area contributed by atoms with Crippen molar-refractivity contribution < 1.29 is 9.59 Å². The minimum atomic E-state index is -0.607. The molecule has 0 aromatic rings. The number of rotatable bonds is 5. The summed E-state index contributed by atoms with van der Waals surface area (Å²) in [7, 11) is 0. The normalized spacial score (nSPS) is 26.1. The van der Waals surface area contributed by atoms with Crippen LogP contribution in [0.3, 0.4) is 0 Å². The van der Waals surface area contributed by atoms with E-state index in [1.165, 1.54) is 0 Å². The van der Waals surface area contributed by atoms with E-state index in [1.54, 1.807) is 0 Å². The SMILES string of the molecule is CCCC(C1=NC(=O)C(CC)C(=O)N1)N1CCNCC1. The molecule has 2 N–H and O–H groups in total. The Labute approximate surface area is 120 Å². The summed E-state index contributed by atoms with van der Waals surface area (Å²) >= 11 is 0. The van der Waals surface area contributed by atoms with Crippen LogP contribution in [0.15, 0.2) is 4.99 Å². The van der Waals surface area contributed by atoms with Crippen LogP contribution in [0.2, 0.25) is 0 Å². The molecular formula is C14H24N4O2. The minimum Gasteiger partial charge on any atom is -0.314 e. The molecule has 0 saturated carbocycles. The summed E-state index contributed by atoms with van der Waals surface area (Å²) in [4.78, 5) is 30.4. The van der Waals surface area contributed by atoms with Crippen LogP contribution in [-0.4, -0.2) is 54.8 Å². The Morgan fingerprint density at radius 1 is 1.30 bits per heavy atom. The molecule has 2 rings (SSSR count). The highest BCUT2D eigenvalue weighted by molar-refractivity contribution is 6.17. The zero-order chi connectivity index (χ0) is 14.5. The lowest BCUT2D eigenvalue weighted by Crippen LogP contribution is -2.57. The van der Waals surface area contributed by atoms with Gasteiger partial charge >= 0.3 is 0 Å². The van der Waals surface area contributed by atoms with Gasteiger partial charge in [-0.1, -0.05) is 20.3 Å². The van der Waals surface area contributed by atoms with Gasteiger partial charge in [0.15, 0.2) is 0 Å². The number of carbonyl (C=O) groups is 2. The van der Waals surface area contributed by atoms with Crippen molar-refractivity contribution in [3.63, 3.8) is 0 Å². The van der Waals surface area contributed by atoms with E-state index in [4.69, 9.17) is 0 Å². The van der Waals surface area contributed by atoms with E-state index in [9.17, 15) is 9.59 Å². The molecule has 2 aliphatic rings. The smallest absolute Gasteiger partial charge is 0.259 e. The van der Waals surface area contributed by atoms with Crippen molar-refractivity contribution in [2.45, 2.75) is 39.2 Å². The molecule has 0 aromatic carbocycles. The summed E-state index contributed by atoms with van der Waals surface area (Å²) in [5.41, 5.74) is 0. The third kappa shape index (κ3) is 3.24. The first-order valence-electron chi connectivity index (χ1n) is 7.55. The van der Waals surface area contributed by atoms with E-state index in [2.05, 4.69) is 27.4 Å². The monoisotopic (exact) mass is 280 g/mol. The lowest BCUT2D eigenvalue weighted by molar-refractivity contribution is -0.133. The van der Waals surface area contributed by atoms with Gasteiger partial charge in [-0.3, -0.25) is 14.5 Å². The minimum absolute atomic E-state index is 0.0489. The van der Waals surface area contributed by atoms with Gasteiger partial charge in [-0.15, -0.1) is 0 Å². The van der Waals surface area contributed by atoms with E-state index in [-0.39, 0.29) is 17.9 Å². The highest BCUT2D eigenvalue weighted by Crippen LogP contribution is 2.16. The predicted octanol–water partition coefficient (Wildman–Crippen LogP) is 0.141. The Morgan fingerprint density at radius 2 is 2.00 bits per heavy atom. The van der Waals surface area contributed by atoms with Gasteiger partial charge in [-0.25, -0.2) is 0 Å². The van der Waals surface area contributed by atoms with Crippen molar-refractivity contribution in [1.29, 1.82) is 0 Å². The zero-order valence-corrected chi connectivity index (χ0v) is 12.3. The Kier molecular flexibility index (Phi) is 5.25. The summed E-state index contributed by atoms with van der Waals surface area (Å²) < 4.78 is 0. The van der Waals surface area contributed by atoms with E-state index < -0.39 is 5.92 Å². The van der Waals surface area contributed by atoms with Crippen molar-refractivity contribution in [3.8, 4) is 0 Å². The molecule has 2 heterocycles. The van der Waals surface area contributed by atoms with E-state index in [1.807, 2.05) is 6.92 Å². The van der Waals surface area contributed by atoms with E-state index in [0.29, 0.717) is 12.3 Å². The van der Waals surface area contributed by atoms with Crippen LogP contribution in [0, 0.1) is 5.92 Å². The van der Waals surface area contributed by atoms with E-state index >= 15 is 0 Å². The number of nitrogens with one attached hydrogen (secondary N) is 2. The van der Waals surface area contributed by atoms with Crippen LogP contribution in [0.5, 0.6) is 0 Å². The maximum atomic E-state index is 12.0. The summed E-state index contributed by atoms with van der Waals surface area (Å²) in [6, 6.07) is 0.0489. The topological polar surface area (TPSA) is 73.8 Å². The van der Waals surface area contributed by atoms with Crippen LogP contribution in [0.4, 0.5) is 0 Å². The lowest BCUT2D eigenvalue weighted by atomic mass is 10.0.